The van der Waals surface area contributed by atoms with Crippen molar-refractivity contribution in [1.29, 1.82) is 0 Å². The van der Waals surface area contributed by atoms with Crippen LogP contribution in [0.4, 0.5) is 0 Å². The van der Waals surface area contributed by atoms with Crippen molar-refractivity contribution in [3.8, 4) is 22.3 Å². The average molecular weight is 394 g/mol. The zero-order valence-electron chi connectivity index (χ0n) is 16.9. The third kappa shape index (κ3) is 1.91. The van der Waals surface area contributed by atoms with Crippen molar-refractivity contribution in [1.82, 2.24) is 9.38 Å². The molecule has 2 aromatic heterocycles. The average Bonchev–Trinajstić information content (AvgIpc) is 3.52. The Hall–Kier alpha value is -3.91. The van der Waals surface area contributed by atoms with E-state index in [1.807, 2.05) is 6.20 Å². The van der Waals surface area contributed by atoms with Gasteiger partial charge in [0.15, 0.2) is 0 Å². The highest BCUT2D eigenvalue weighted by atomic mass is 15.0. The number of hydrogen-bond donors (Lipinski definition) is 0. The molecule has 0 spiro atoms. The van der Waals surface area contributed by atoms with Gasteiger partial charge in [-0.2, -0.15) is 0 Å². The molecule has 0 fully saturated rings. The van der Waals surface area contributed by atoms with Crippen LogP contribution in [0.15, 0.2) is 85.2 Å². The summed E-state index contributed by atoms with van der Waals surface area (Å²) in [5.41, 5.74) is 13.5. The summed E-state index contributed by atoms with van der Waals surface area (Å²) in [6.07, 6.45) is 6.05. The van der Waals surface area contributed by atoms with Crippen LogP contribution in [0.5, 0.6) is 0 Å². The number of hydrogen-bond acceptors (Lipinski definition) is 1. The number of fused-ring (bicyclic) bond motifs is 13. The fraction of sp³-hybridized carbons (Fsp3) is 0.0690. The molecule has 0 aliphatic heterocycles. The van der Waals surface area contributed by atoms with Crippen LogP contribution in [0.1, 0.15) is 22.3 Å². The molecule has 2 heteroatoms. The highest BCUT2D eigenvalue weighted by molar-refractivity contribution is 6.16. The number of benzene rings is 4. The molecular weight excluding hydrogens is 376 g/mol. The number of nitrogens with zero attached hydrogens (tertiary/aromatic N) is 2. The van der Waals surface area contributed by atoms with Gasteiger partial charge in [-0.05, 0) is 74.9 Å². The maximum absolute atomic E-state index is 4.83. The maximum atomic E-state index is 4.83. The molecule has 2 aliphatic rings. The molecule has 2 nitrogen and oxygen atoms in total. The normalized spacial score (nSPS) is 13.5. The Morgan fingerprint density at radius 1 is 0.645 bits per heavy atom. The van der Waals surface area contributed by atoms with E-state index >= 15 is 0 Å². The topological polar surface area (TPSA) is 17.3 Å². The summed E-state index contributed by atoms with van der Waals surface area (Å²) in [6, 6.07) is 27.1. The van der Waals surface area contributed by atoms with E-state index in [1.165, 1.54) is 66.2 Å². The highest BCUT2D eigenvalue weighted by Gasteiger charge is 2.25. The molecule has 2 heterocycles. The van der Waals surface area contributed by atoms with E-state index in [9.17, 15) is 0 Å². The van der Waals surface area contributed by atoms with Crippen molar-refractivity contribution >= 4 is 27.3 Å². The van der Waals surface area contributed by atoms with Gasteiger partial charge in [0.05, 0.1) is 5.52 Å². The fourth-order valence-corrected chi connectivity index (χ4v) is 5.96. The van der Waals surface area contributed by atoms with Crippen molar-refractivity contribution in [3.63, 3.8) is 0 Å². The molecule has 0 saturated heterocycles. The molecule has 0 amide bonds. The second-order valence-corrected chi connectivity index (χ2v) is 8.83. The number of rotatable bonds is 0. The second kappa shape index (κ2) is 5.41. The first-order valence-electron chi connectivity index (χ1n) is 10.9. The predicted octanol–water partition coefficient (Wildman–Crippen LogP) is 6.78. The molecule has 0 N–H and O–H groups in total. The molecule has 31 heavy (non-hydrogen) atoms. The summed E-state index contributed by atoms with van der Waals surface area (Å²) >= 11 is 0. The van der Waals surface area contributed by atoms with E-state index in [4.69, 9.17) is 4.98 Å². The van der Waals surface area contributed by atoms with E-state index in [-0.39, 0.29) is 0 Å². The fourth-order valence-electron chi connectivity index (χ4n) is 5.96. The van der Waals surface area contributed by atoms with Crippen LogP contribution < -0.4 is 0 Å². The first kappa shape index (κ1) is 15.9. The van der Waals surface area contributed by atoms with Crippen LogP contribution in [-0.2, 0) is 12.8 Å². The van der Waals surface area contributed by atoms with Crippen LogP contribution in [0.3, 0.4) is 0 Å². The Balaban J connectivity index is 1.54. The standard InChI is InChI=1S/C29H18N2/c1-4-8-21-17(5-1)13-19-15-27-25(16-24(19)21)23-10-9-22-20-7-3-2-6-18(20)14-26(22)28(23)29-30-11-12-31(27)29/h1-12,15-16H,13-14H2. The Kier molecular flexibility index (Phi) is 2.77. The minimum atomic E-state index is 0.977. The van der Waals surface area contributed by atoms with Gasteiger partial charge in [-0.3, -0.25) is 4.40 Å². The third-order valence-electron chi connectivity index (χ3n) is 7.31. The molecule has 0 saturated carbocycles. The lowest BCUT2D eigenvalue weighted by molar-refractivity contribution is 1.23. The molecular formula is C29H18N2. The summed E-state index contributed by atoms with van der Waals surface area (Å²) in [7, 11) is 0. The lowest BCUT2D eigenvalue weighted by atomic mass is 9.95. The molecule has 4 aromatic carbocycles. The Morgan fingerprint density at radius 3 is 2.29 bits per heavy atom. The van der Waals surface area contributed by atoms with Gasteiger partial charge in [0.1, 0.15) is 5.65 Å². The summed E-state index contributed by atoms with van der Waals surface area (Å²) in [5, 5.41) is 3.93. The highest BCUT2D eigenvalue weighted by Crippen LogP contribution is 2.45. The number of aromatic nitrogens is 2. The van der Waals surface area contributed by atoms with Crippen LogP contribution in [-0.4, -0.2) is 9.38 Å². The zero-order valence-corrected chi connectivity index (χ0v) is 16.9. The van der Waals surface area contributed by atoms with Gasteiger partial charge in [-0.15, -0.1) is 0 Å². The van der Waals surface area contributed by atoms with Gasteiger partial charge in [0, 0.05) is 23.2 Å². The van der Waals surface area contributed by atoms with Crippen LogP contribution in [0, 0.1) is 0 Å². The minimum absolute atomic E-state index is 0.977. The van der Waals surface area contributed by atoms with E-state index < -0.39 is 0 Å². The van der Waals surface area contributed by atoms with E-state index in [0.717, 1.165) is 18.5 Å². The lowest BCUT2D eigenvalue weighted by Gasteiger charge is -2.14. The summed E-state index contributed by atoms with van der Waals surface area (Å²) in [4.78, 5) is 4.83. The SMILES string of the molecule is c1ccc2c(c1)Cc1cc3c(cc1-2)c1ccc2c(c1c1nccn31)Cc1ccccc1-2. The second-order valence-electron chi connectivity index (χ2n) is 8.83. The molecule has 0 bridgehead atoms. The van der Waals surface area contributed by atoms with E-state index in [1.54, 1.807) is 0 Å². The molecule has 0 unspecified atom stereocenters. The van der Waals surface area contributed by atoms with Crippen LogP contribution in [0.2, 0.25) is 0 Å². The van der Waals surface area contributed by atoms with Crippen molar-refractivity contribution in [2.75, 3.05) is 0 Å². The zero-order chi connectivity index (χ0) is 20.1. The lowest BCUT2D eigenvalue weighted by Crippen LogP contribution is -1.95. The van der Waals surface area contributed by atoms with Gasteiger partial charge in [0.25, 0.3) is 0 Å². The largest absolute Gasteiger partial charge is 0.299 e. The molecule has 144 valence electrons. The molecule has 6 aromatic rings. The molecule has 2 aliphatic carbocycles. The Bertz CT molecular complexity index is 1740. The van der Waals surface area contributed by atoms with Crippen molar-refractivity contribution < 1.29 is 0 Å². The Morgan fingerprint density at radius 2 is 1.42 bits per heavy atom. The van der Waals surface area contributed by atoms with Crippen molar-refractivity contribution in [3.05, 3.63) is 107 Å². The van der Waals surface area contributed by atoms with E-state index in [0.29, 0.717) is 0 Å². The maximum Gasteiger partial charge on any atom is 0.145 e. The van der Waals surface area contributed by atoms with Gasteiger partial charge in [0.2, 0.25) is 0 Å². The monoisotopic (exact) mass is 394 g/mol. The van der Waals surface area contributed by atoms with Crippen molar-refractivity contribution in [2.24, 2.45) is 0 Å². The third-order valence-corrected chi connectivity index (χ3v) is 7.31. The smallest absolute Gasteiger partial charge is 0.145 e. The summed E-state index contributed by atoms with van der Waals surface area (Å²) in [6.45, 7) is 0. The molecule has 0 atom stereocenters. The van der Waals surface area contributed by atoms with Gasteiger partial charge < -0.3 is 0 Å². The predicted molar refractivity (Wildman–Crippen MR) is 127 cm³/mol. The van der Waals surface area contributed by atoms with Crippen molar-refractivity contribution in [2.45, 2.75) is 12.8 Å². The van der Waals surface area contributed by atoms with Gasteiger partial charge in [-0.1, -0.05) is 60.7 Å². The van der Waals surface area contributed by atoms with Gasteiger partial charge in [-0.25, -0.2) is 4.98 Å². The first-order chi connectivity index (χ1) is 15.4. The van der Waals surface area contributed by atoms with Crippen LogP contribution in [0.25, 0.3) is 49.6 Å². The van der Waals surface area contributed by atoms with E-state index in [2.05, 4.69) is 83.4 Å². The summed E-state index contributed by atoms with van der Waals surface area (Å²) in [5.74, 6) is 0. The Labute approximate surface area is 179 Å². The van der Waals surface area contributed by atoms with Gasteiger partial charge >= 0.3 is 0 Å². The number of pyridine rings is 1. The molecule has 8 rings (SSSR count). The van der Waals surface area contributed by atoms with Crippen LogP contribution >= 0.6 is 0 Å². The first-order valence-corrected chi connectivity index (χ1v) is 10.9. The summed E-state index contributed by atoms with van der Waals surface area (Å²) < 4.78 is 2.30. The minimum Gasteiger partial charge on any atom is -0.299 e. The quantitative estimate of drug-likeness (QED) is 0.259. The molecule has 0 radical (unpaired) electrons. The number of imidazole rings is 1.